The third-order valence-corrected chi connectivity index (χ3v) is 6.10. The summed E-state index contributed by atoms with van der Waals surface area (Å²) in [5.74, 6) is -3.58. The quantitative estimate of drug-likeness (QED) is 0.545. The topological polar surface area (TPSA) is 146 Å². The molecule has 1 aromatic heterocycles. The lowest BCUT2D eigenvalue weighted by molar-refractivity contribution is -0.192. The number of carboxylic acids is 1. The Balaban J connectivity index is 0.000000370. The molecule has 160 valence electrons. The molecule has 0 bridgehead atoms. The van der Waals surface area contributed by atoms with Crippen LogP contribution in [0.25, 0.3) is 10.9 Å². The van der Waals surface area contributed by atoms with Gasteiger partial charge in [0.1, 0.15) is 10.6 Å². The Morgan fingerprint density at radius 1 is 1.21 bits per heavy atom. The first-order chi connectivity index (χ1) is 13.4. The largest absolute Gasteiger partial charge is 0.490 e. The average molecular weight is 457 g/mol. The Hall–Kier alpha value is -2.35. The van der Waals surface area contributed by atoms with Crippen LogP contribution in [0.15, 0.2) is 23.1 Å². The Morgan fingerprint density at radius 2 is 1.76 bits per heavy atom. The number of H-pyrrole nitrogens is 1. The first-order valence-corrected chi connectivity index (χ1v) is 9.79. The van der Waals surface area contributed by atoms with Gasteiger partial charge in [-0.1, -0.05) is 11.6 Å². The fourth-order valence-corrected chi connectivity index (χ4v) is 4.54. The van der Waals surface area contributed by atoms with Gasteiger partial charge in [-0.15, -0.1) is 0 Å². The Bertz CT molecular complexity index is 1030. The molecule has 1 fully saturated rings. The number of alkyl halides is 3. The van der Waals surface area contributed by atoms with E-state index < -0.39 is 28.1 Å². The maximum atomic E-state index is 12.9. The van der Waals surface area contributed by atoms with E-state index in [4.69, 9.17) is 27.2 Å². The number of aliphatic carboxylic acids is 1. The molecule has 1 aromatic carbocycles. The van der Waals surface area contributed by atoms with E-state index in [1.165, 1.54) is 10.4 Å². The van der Waals surface area contributed by atoms with E-state index in [0.29, 0.717) is 42.1 Å². The Kier molecular flexibility index (Phi) is 6.78. The lowest BCUT2D eigenvalue weighted by atomic mass is 10.2. The first-order valence-electron chi connectivity index (χ1n) is 7.97. The predicted octanol–water partition coefficient (Wildman–Crippen LogP) is 1.15. The third-order valence-electron chi connectivity index (χ3n) is 3.88. The Labute approximate surface area is 167 Å². The second-order valence-corrected chi connectivity index (χ2v) is 8.15. The number of nitrogens with one attached hydrogen (secondary N) is 2. The van der Waals surface area contributed by atoms with Crippen molar-refractivity contribution in [3.8, 4) is 0 Å². The van der Waals surface area contributed by atoms with Gasteiger partial charge in [0.2, 0.25) is 10.0 Å². The molecule has 5 N–H and O–H groups in total. The van der Waals surface area contributed by atoms with Crippen LogP contribution < -0.4 is 11.1 Å². The minimum Gasteiger partial charge on any atom is -0.475 e. The second-order valence-electron chi connectivity index (χ2n) is 5.84. The van der Waals surface area contributed by atoms with Crippen LogP contribution in [0.5, 0.6) is 0 Å². The number of primary amides is 1. The highest BCUT2D eigenvalue weighted by Crippen LogP contribution is 2.31. The van der Waals surface area contributed by atoms with Gasteiger partial charge in [-0.3, -0.25) is 4.79 Å². The van der Waals surface area contributed by atoms with E-state index in [0.717, 1.165) is 0 Å². The lowest BCUT2D eigenvalue weighted by Gasteiger charge is -2.26. The molecular formula is C15H16ClF3N4O5S. The molecule has 2 aromatic rings. The molecule has 0 aliphatic carbocycles. The molecule has 0 unspecified atom stereocenters. The van der Waals surface area contributed by atoms with Crippen molar-refractivity contribution in [3.05, 3.63) is 28.9 Å². The minimum absolute atomic E-state index is 0.0978. The summed E-state index contributed by atoms with van der Waals surface area (Å²) in [6.45, 7) is 1.81. The molecule has 2 heterocycles. The summed E-state index contributed by atoms with van der Waals surface area (Å²) in [5, 5.41) is 11.0. The van der Waals surface area contributed by atoms with Gasteiger partial charge in [0.05, 0.1) is 0 Å². The number of carboxylic acid groups (broad SMARTS) is 1. The number of nitrogens with zero attached hydrogens (tertiary/aromatic N) is 1. The number of sulfonamides is 1. The molecule has 1 aliphatic rings. The standard InChI is InChI=1S/C13H15ClN4O3S.C2HF3O2/c14-8-1-2-10-9(7-8)12(11(17-10)13(15)19)22(20,21)18-5-3-16-4-6-18;3-2(4,5)1(6)7/h1-2,7,16-17H,3-6H2,(H2,15,19);(H,6,7). The number of hydrogen-bond acceptors (Lipinski definition) is 5. The SMILES string of the molecule is NC(=O)c1[nH]c2ccc(Cl)cc2c1S(=O)(=O)N1CCNCC1.O=C(O)C(F)(F)F. The molecule has 0 spiro atoms. The number of rotatable bonds is 3. The molecule has 0 radical (unpaired) electrons. The van der Waals surface area contributed by atoms with Gasteiger partial charge >= 0.3 is 12.1 Å². The van der Waals surface area contributed by atoms with Gasteiger partial charge in [0, 0.05) is 42.1 Å². The summed E-state index contributed by atoms with van der Waals surface area (Å²) in [4.78, 5) is 23.2. The van der Waals surface area contributed by atoms with Gasteiger partial charge in [0.25, 0.3) is 5.91 Å². The van der Waals surface area contributed by atoms with E-state index in [1.807, 2.05) is 0 Å². The van der Waals surface area contributed by atoms with Gasteiger partial charge in [0.15, 0.2) is 0 Å². The fraction of sp³-hybridized carbons (Fsp3) is 0.333. The minimum atomic E-state index is -5.08. The number of nitrogens with two attached hydrogens (primary N) is 1. The number of aromatic amines is 1. The molecular weight excluding hydrogens is 441 g/mol. The number of amides is 1. The zero-order valence-electron chi connectivity index (χ0n) is 14.6. The van der Waals surface area contributed by atoms with Crippen molar-refractivity contribution in [2.75, 3.05) is 26.2 Å². The number of halogens is 4. The van der Waals surface area contributed by atoms with E-state index in [2.05, 4.69) is 10.3 Å². The van der Waals surface area contributed by atoms with Crippen LogP contribution in [0.1, 0.15) is 10.5 Å². The van der Waals surface area contributed by atoms with Crippen molar-refractivity contribution in [2.24, 2.45) is 5.73 Å². The van der Waals surface area contributed by atoms with Gasteiger partial charge in [-0.2, -0.15) is 17.5 Å². The summed E-state index contributed by atoms with van der Waals surface area (Å²) in [6, 6.07) is 4.77. The maximum absolute atomic E-state index is 12.9. The molecule has 1 amide bonds. The highest BCUT2D eigenvalue weighted by molar-refractivity contribution is 7.89. The number of aromatic nitrogens is 1. The number of carbonyl (C=O) groups excluding carboxylic acids is 1. The predicted molar refractivity (Wildman–Crippen MR) is 97.1 cm³/mol. The van der Waals surface area contributed by atoms with E-state index in [1.54, 1.807) is 12.1 Å². The molecule has 3 rings (SSSR count). The fourth-order valence-electron chi connectivity index (χ4n) is 2.59. The van der Waals surface area contributed by atoms with E-state index >= 15 is 0 Å². The van der Waals surface area contributed by atoms with Gasteiger partial charge < -0.3 is 21.1 Å². The number of hydrogen-bond donors (Lipinski definition) is 4. The molecule has 29 heavy (non-hydrogen) atoms. The van der Waals surface area contributed by atoms with Crippen molar-refractivity contribution >= 4 is 44.4 Å². The van der Waals surface area contributed by atoms with Crippen molar-refractivity contribution in [1.82, 2.24) is 14.6 Å². The van der Waals surface area contributed by atoms with Crippen molar-refractivity contribution in [3.63, 3.8) is 0 Å². The number of fused-ring (bicyclic) bond motifs is 1. The van der Waals surface area contributed by atoms with E-state index in [9.17, 15) is 26.4 Å². The lowest BCUT2D eigenvalue weighted by Crippen LogP contribution is -2.46. The van der Waals surface area contributed by atoms with Crippen LogP contribution >= 0.6 is 11.6 Å². The summed E-state index contributed by atoms with van der Waals surface area (Å²) in [5.41, 5.74) is 5.74. The monoisotopic (exact) mass is 456 g/mol. The smallest absolute Gasteiger partial charge is 0.475 e. The number of benzene rings is 1. The van der Waals surface area contributed by atoms with Crippen LogP contribution in [0.3, 0.4) is 0 Å². The molecule has 9 nitrogen and oxygen atoms in total. The zero-order valence-corrected chi connectivity index (χ0v) is 16.2. The Morgan fingerprint density at radius 3 is 2.24 bits per heavy atom. The van der Waals surface area contributed by atoms with Crippen LogP contribution in [0, 0.1) is 0 Å². The molecule has 0 saturated carbocycles. The number of carbonyl (C=O) groups is 2. The van der Waals surface area contributed by atoms with Gasteiger partial charge in [-0.05, 0) is 18.2 Å². The molecule has 0 atom stereocenters. The molecule has 1 saturated heterocycles. The first kappa shape index (κ1) is 22.9. The maximum Gasteiger partial charge on any atom is 0.490 e. The van der Waals surface area contributed by atoms with Crippen molar-refractivity contribution in [1.29, 1.82) is 0 Å². The molecule has 14 heteroatoms. The van der Waals surface area contributed by atoms with Gasteiger partial charge in [-0.25, -0.2) is 13.2 Å². The van der Waals surface area contributed by atoms with Crippen LogP contribution in [-0.2, 0) is 14.8 Å². The van der Waals surface area contributed by atoms with Crippen molar-refractivity contribution in [2.45, 2.75) is 11.1 Å². The van der Waals surface area contributed by atoms with Crippen LogP contribution in [0.4, 0.5) is 13.2 Å². The summed E-state index contributed by atoms with van der Waals surface area (Å²) < 4.78 is 58.9. The zero-order chi connectivity index (χ0) is 22.0. The normalized spacial score (nSPS) is 15.6. The highest BCUT2D eigenvalue weighted by Gasteiger charge is 2.38. The summed E-state index contributed by atoms with van der Waals surface area (Å²) in [6.07, 6.45) is -5.08. The number of piperazine rings is 1. The second kappa shape index (κ2) is 8.57. The van der Waals surface area contributed by atoms with E-state index in [-0.39, 0.29) is 10.6 Å². The van der Waals surface area contributed by atoms with Crippen molar-refractivity contribution < 1.29 is 36.3 Å². The van der Waals surface area contributed by atoms with Crippen LogP contribution in [0.2, 0.25) is 5.02 Å². The summed E-state index contributed by atoms with van der Waals surface area (Å²) >= 11 is 5.97. The van der Waals surface area contributed by atoms with Crippen LogP contribution in [-0.4, -0.2) is 67.0 Å². The summed E-state index contributed by atoms with van der Waals surface area (Å²) in [7, 11) is -3.84. The molecule has 1 aliphatic heterocycles. The highest BCUT2D eigenvalue weighted by atomic mass is 35.5. The third kappa shape index (κ3) is 5.18. The average Bonchev–Trinajstić information content (AvgIpc) is 3.02.